The number of hydrazine groups is 1. The first-order valence-corrected chi connectivity index (χ1v) is 5.49. The minimum absolute atomic E-state index is 0.152. The SMILES string of the molecule is CNc1ncc([N+](=O)[O-])c(NN2CCOCC2)n1. The Labute approximate surface area is 103 Å². The molecule has 0 atom stereocenters. The number of hydrogen-bond donors (Lipinski definition) is 2. The van der Waals surface area contributed by atoms with E-state index in [9.17, 15) is 10.1 Å². The van der Waals surface area contributed by atoms with Gasteiger partial charge in [-0.3, -0.25) is 15.5 Å². The lowest BCUT2D eigenvalue weighted by atomic mass is 10.4. The summed E-state index contributed by atoms with van der Waals surface area (Å²) in [4.78, 5) is 18.2. The molecule has 1 aromatic heterocycles. The van der Waals surface area contributed by atoms with Crippen LogP contribution in [0.5, 0.6) is 0 Å². The van der Waals surface area contributed by atoms with Crippen molar-refractivity contribution in [1.82, 2.24) is 15.0 Å². The molecule has 1 aromatic rings. The lowest BCUT2D eigenvalue weighted by Gasteiger charge is -2.27. The number of hydrogen-bond acceptors (Lipinski definition) is 8. The standard InChI is InChI=1S/C9H14N6O3/c1-10-9-11-6-7(15(16)17)8(12-9)13-14-2-4-18-5-3-14/h6H,2-5H2,1H3,(H2,10,11,12,13). The molecule has 0 spiro atoms. The number of anilines is 2. The number of nitrogens with zero attached hydrogens (tertiary/aromatic N) is 4. The fourth-order valence-electron chi connectivity index (χ4n) is 1.54. The highest BCUT2D eigenvalue weighted by molar-refractivity contribution is 5.56. The van der Waals surface area contributed by atoms with Crippen LogP contribution in [0, 0.1) is 10.1 Å². The summed E-state index contributed by atoms with van der Waals surface area (Å²) in [6.07, 6.45) is 1.18. The van der Waals surface area contributed by atoms with Crippen molar-refractivity contribution in [2.24, 2.45) is 0 Å². The van der Waals surface area contributed by atoms with Crippen molar-refractivity contribution in [2.45, 2.75) is 0 Å². The van der Waals surface area contributed by atoms with Gasteiger partial charge in [-0.15, -0.1) is 0 Å². The summed E-state index contributed by atoms with van der Waals surface area (Å²) in [6.45, 7) is 2.47. The summed E-state index contributed by atoms with van der Waals surface area (Å²) >= 11 is 0. The predicted molar refractivity (Wildman–Crippen MR) is 64.2 cm³/mol. The molecule has 1 fully saturated rings. The molecule has 9 heteroatoms. The maximum Gasteiger partial charge on any atom is 0.330 e. The van der Waals surface area contributed by atoms with Crippen molar-refractivity contribution >= 4 is 17.5 Å². The highest BCUT2D eigenvalue weighted by atomic mass is 16.6. The fourth-order valence-corrected chi connectivity index (χ4v) is 1.54. The highest BCUT2D eigenvalue weighted by Crippen LogP contribution is 2.22. The molecule has 2 rings (SSSR count). The molecule has 0 aliphatic carbocycles. The Hall–Kier alpha value is -2.00. The lowest BCUT2D eigenvalue weighted by Crippen LogP contribution is -2.40. The monoisotopic (exact) mass is 254 g/mol. The first-order chi connectivity index (χ1) is 8.70. The molecule has 0 amide bonds. The van der Waals surface area contributed by atoms with Crippen LogP contribution in [0.25, 0.3) is 0 Å². The number of morpholine rings is 1. The second kappa shape index (κ2) is 5.56. The van der Waals surface area contributed by atoms with Crippen LogP contribution >= 0.6 is 0 Å². The van der Waals surface area contributed by atoms with E-state index in [-0.39, 0.29) is 11.5 Å². The van der Waals surface area contributed by atoms with Crippen LogP contribution < -0.4 is 10.7 Å². The summed E-state index contributed by atoms with van der Waals surface area (Å²) in [5, 5.41) is 15.5. The van der Waals surface area contributed by atoms with Crippen molar-refractivity contribution < 1.29 is 9.66 Å². The molecule has 2 N–H and O–H groups in total. The van der Waals surface area contributed by atoms with Crippen molar-refractivity contribution in [2.75, 3.05) is 44.1 Å². The molecule has 0 unspecified atom stereocenters. The van der Waals surface area contributed by atoms with E-state index in [1.165, 1.54) is 6.20 Å². The van der Waals surface area contributed by atoms with Crippen molar-refractivity contribution in [1.29, 1.82) is 0 Å². The molecule has 9 nitrogen and oxygen atoms in total. The maximum absolute atomic E-state index is 10.9. The van der Waals surface area contributed by atoms with Gasteiger partial charge in [-0.25, -0.2) is 9.99 Å². The summed E-state index contributed by atoms with van der Waals surface area (Å²) in [5.74, 6) is 0.512. The van der Waals surface area contributed by atoms with Gasteiger partial charge in [0.25, 0.3) is 0 Å². The molecule has 98 valence electrons. The maximum atomic E-state index is 10.9. The molecule has 1 aliphatic rings. The van der Waals surface area contributed by atoms with Gasteiger partial charge in [0, 0.05) is 20.1 Å². The summed E-state index contributed by atoms with van der Waals surface area (Å²) < 4.78 is 5.20. The topological polar surface area (TPSA) is 105 Å². The van der Waals surface area contributed by atoms with E-state index in [1.54, 1.807) is 7.05 Å². The largest absolute Gasteiger partial charge is 0.379 e. The van der Waals surface area contributed by atoms with Gasteiger partial charge in [-0.2, -0.15) is 4.98 Å². The molecule has 0 saturated carbocycles. The Balaban J connectivity index is 2.19. The van der Waals surface area contributed by atoms with Gasteiger partial charge in [0.2, 0.25) is 11.8 Å². The minimum atomic E-state index is -0.512. The van der Waals surface area contributed by atoms with Gasteiger partial charge >= 0.3 is 5.69 Å². The molecular weight excluding hydrogens is 240 g/mol. The Bertz CT molecular complexity index is 434. The van der Waals surface area contributed by atoms with Crippen LogP contribution in [0.2, 0.25) is 0 Å². The van der Waals surface area contributed by atoms with Crippen LogP contribution in [0.3, 0.4) is 0 Å². The van der Waals surface area contributed by atoms with Crippen LogP contribution in [-0.2, 0) is 4.74 Å². The van der Waals surface area contributed by atoms with Gasteiger partial charge in [0.15, 0.2) is 0 Å². The Morgan fingerprint density at radius 3 is 2.83 bits per heavy atom. The van der Waals surface area contributed by atoms with Gasteiger partial charge in [-0.05, 0) is 0 Å². The Morgan fingerprint density at radius 1 is 1.50 bits per heavy atom. The zero-order valence-electron chi connectivity index (χ0n) is 9.92. The third-order valence-corrected chi connectivity index (χ3v) is 2.46. The number of ether oxygens (including phenoxy) is 1. The zero-order valence-corrected chi connectivity index (χ0v) is 9.92. The third-order valence-electron chi connectivity index (χ3n) is 2.46. The van der Waals surface area contributed by atoms with E-state index in [2.05, 4.69) is 20.7 Å². The number of rotatable bonds is 4. The number of nitro groups is 1. The second-order valence-corrected chi connectivity index (χ2v) is 3.65. The fraction of sp³-hybridized carbons (Fsp3) is 0.556. The van der Waals surface area contributed by atoms with E-state index >= 15 is 0 Å². The van der Waals surface area contributed by atoms with E-state index < -0.39 is 4.92 Å². The van der Waals surface area contributed by atoms with Crippen LogP contribution in [0.1, 0.15) is 0 Å². The molecule has 18 heavy (non-hydrogen) atoms. The van der Waals surface area contributed by atoms with Crippen LogP contribution in [0.4, 0.5) is 17.5 Å². The van der Waals surface area contributed by atoms with Crippen LogP contribution in [-0.4, -0.2) is 53.3 Å². The average Bonchev–Trinajstić information content (AvgIpc) is 2.39. The normalized spacial score (nSPS) is 16.3. The second-order valence-electron chi connectivity index (χ2n) is 3.65. The first kappa shape index (κ1) is 12.5. The average molecular weight is 254 g/mol. The van der Waals surface area contributed by atoms with Crippen LogP contribution in [0.15, 0.2) is 6.20 Å². The number of nitrogens with one attached hydrogen (secondary N) is 2. The predicted octanol–water partition coefficient (Wildman–Crippen LogP) is 0.0856. The minimum Gasteiger partial charge on any atom is -0.379 e. The summed E-state index contributed by atoms with van der Waals surface area (Å²) in [7, 11) is 1.65. The molecule has 2 heterocycles. The van der Waals surface area contributed by atoms with Crippen molar-refractivity contribution in [3.8, 4) is 0 Å². The molecule has 0 bridgehead atoms. The zero-order chi connectivity index (χ0) is 13.0. The first-order valence-electron chi connectivity index (χ1n) is 5.49. The number of aromatic nitrogens is 2. The summed E-state index contributed by atoms with van der Waals surface area (Å²) in [5.41, 5.74) is 2.77. The van der Waals surface area contributed by atoms with Gasteiger partial charge in [0.1, 0.15) is 6.20 Å². The molecule has 0 aromatic carbocycles. The van der Waals surface area contributed by atoms with Crippen molar-refractivity contribution in [3.05, 3.63) is 16.3 Å². The molecule has 1 saturated heterocycles. The smallest absolute Gasteiger partial charge is 0.330 e. The van der Waals surface area contributed by atoms with Gasteiger partial charge in [0.05, 0.1) is 18.1 Å². The Morgan fingerprint density at radius 2 is 2.22 bits per heavy atom. The molecular formula is C9H14N6O3. The van der Waals surface area contributed by atoms with Gasteiger partial charge in [-0.1, -0.05) is 0 Å². The summed E-state index contributed by atoms with van der Waals surface area (Å²) in [6, 6.07) is 0. The van der Waals surface area contributed by atoms with E-state index in [0.29, 0.717) is 32.3 Å². The third kappa shape index (κ3) is 2.81. The molecule has 1 aliphatic heterocycles. The van der Waals surface area contributed by atoms with E-state index in [0.717, 1.165) is 0 Å². The highest BCUT2D eigenvalue weighted by Gasteiger charge is 2.20. The quantitative estimate of drug-likeness (QED) is 0.575. The lowest BCUT2D eigenvalue weighted by molar-refractivity contribution is -0.384. The van der Waals surface area contributed by atoms with E-state index in [4.69, 9.17) is 4.74 Å². The van der Waals surface area contributed by atoms with Crippen molar-refractivity contribution in [3.63, 3.8) is 0 Å². The Kier molecular flexibility index (Phi) is 3.85. The van der Waals surface area contributed by atoms with E-state index in [1.807, 2.05) is 5.01 Å². The van der Waals surface area contributed by atoms with Gasteiger partial charge < -0.3 is 10.1 Å². The molecule has 0 radical (unpaired) electrons.